The molecule has 0 unspecified atom stereocenters. The maximum Gasteiger partial charge on any atom is 0.331 e. The van der Waals surface area contributed by atoms with E-state index in [0.717, 1.165) is 22.2 Å². The first kappa shape index (κ1) is 18.8. The first-order chi connectivity index (χ1) is 11.8. The van der Waals surface area contributed by atoms with Crippen molar-refractivity contribution in [2.45, 2.75) is 13.0 Å². The largest absolute Gasteiger partial charge is 0.449 e. The summed E-state index contributed by atoms with van der Waals surface area (Å²) in [4.78, 5) is 23.7. The van der Waals surface area contributed by atoms with Crippen LogP contribution in [0.15, 0.2) is 53.0 Å². The van der Waals surface area contributed by atoms with Crippen molar-refractivity contribution in [3.8, 4) is 0 Å². The maximum atomic E-state index is 13.1. The molecule has 0 spiro atoms. The molecule has 130 valence electrons. The molecule has 1 N–H and O–H groups in total. The Labute approximate surface area is 151 Å². The molecule has 0 heterocycles. The molecular formula is C18H14BrF2NO3. The van der Waals surface area contributed by atoms with E-state index >= 15 is 0 Å². The molecule has 0 radical (unpaired) electrons. The fourth-order valence-electron chi connectivity index (χ4n) is 1.82. The molecule has 0 fully saturated rings. The number of esters is 1. The summed E-state index contributed by atoms with van der Waals surface area (Å²) in [5.74, 6) is -3.46. The van der Waals surface area contributed by atoms with E-state index in [2.05, 4.69) is 21.2 Å². The van der Waals surface area contributed by atoms with Gasteiger partial charge < -0.3 is 10.1 Å². The molecule has 0 saturated carbocycles. The molecule has 2 rings (SSSR count). The van der Waals surface area contributed by atoms with Gasteiger partial charge in [-0.15, -0.1) is 0 Å². The van der Waals surface area contributed by atoms with Crippen LogP contribution in [0.3, 0.4) is 0 Å². The molecule has 4 nitrogen and oxygen atoms in total. The SMILES string of the molecule is C[C@@H](OC(=O)/C=C/c1ccc(Br)cc1)C(=O)Nc1ccc(F)c(F)c1. The van der Waals surface area contributed by atoms with Gasteiger partial charge in [0.05, 0.1) is 0 Å². The summed E-state index contributed by atoms with van der Waals surface area (Å²) in [5, 5.41) is 2.34. The van der Waals surface area contributed by atoms with Gasteiger partial charge in [-0.05, 0) is 42.8 Å². The number of carbonyl (C=O) groups is 2. The standard InChI is InChI=1S/C18H14BrF2NO3/c1-11(18(24)22-14-7-8-15(20)16(21)10-14)25-17(23)9-4-12-2-5-13(19)6-3-12/h2-11H,1H3,(H,22,24)/b9-4+/t11-/m1/s1. The number of amides is 1. The van der Waals surface area contributed by atoms with Crippen molar-refractivity contribution in [2.24, 2.45) is 0 Å². The van der Waals surface area contributed by atoms with Crippen molar-refractivity contribution in [1.82, 2.24) is 0 Å². The monoisotopic (exact) mass is 409 g/mol. The Morgan fingerprint density at radius 2 is 1.80 bits per heavy atom. The van der Waals surface area contributed by atoms with Gasteiger partial charge in [0, 0.05) is 22.3 Å². The zero-order valence-corrected chi connectivity index (χ0v) is 14.7. The van der Waals surface area contributed by atoms with E-state index in [1.807, 2.05) is 12.1 Å². The van der Waals surface area contributed by atoms with Crippen molar-refractivity contribution >= 4 is 39.6 Å². The van der Waals surface area contributed by atoms with Crippen LogP contribution in [0, 0.1) is 11.6 Å². The normalized spacial score (nSPS) is 12.0. The number of ether oxygens (including phenoxy) is 1. The van der Waals surface area contributed by atoms with Crippen LogP contribution >= 0.6 is 15.9 Å². The first-order valence-electron chi connectivity index (χ1n) is 7.25. The minimum absolute atomic E-state index is 0.0669. The molecule has 0 aromatic heterocycles. The Bertz CT molecular complexity index is 806. The molecule has 2 aromatic carbocycles. The molecule has 2 aromatic rings. The summed E-state index contributed by atoms with van der Waals surface area (Å²) in [6, 6.07) is 10.2. The average Bonchev–Trinajstić information content (AvgIpc) is 2.57. The van der Waals surface area contributed by atoms with Gasteiger partial charge in [-0.2, -0.15) is 0 Å². The summed E-state index contributed by atoms with van der Waals surface area (Å²) in [7, 11) is 0. The van der Waals surface area contributed by atoms with Gasteiger partial charge in [-0.1, -0.05) is 28.1 Å². The van der Waals surface area contributed by atoms with Crippen molar-refractivity contribution in [3.05, 3.63) is 70.2 Å². The van der Waals surface area contributed by atoms with E-state index < -0.39 is 29.6 Å². The Morgan fingerprint density at radius 3 is 2.44 bits per heavy atom. The predicted octanol–water partition coefficient (Wildman–Crippen LogP) is 4.31. The van der Waals surface area contributed by atoms with Gasteiger partial charge in [0.15, 0.2) is 17.7 Å². The smallest absolute Gasteiger partial charge is 0.331 e. The van der Waals surface area contributed by atoms with Crippen LogP contribution in [0.25, 0.3) is 6.08 Å². The van der Waals surface area contributed by atoms with Crippen LogP contribution in [0.2, 0.25) is 0 Å². The molecule has 7 heteroatoms. The second kappa shape index (κ2) is 8.53. The van der Waals surface area contributed by atoms with Gasteiger partial charge in [0.2, 0.25) is 0 Å². The third-order valence-corrected chi connectivity index (χ3v) is 3.66. The zero-order chi connectivity index (χ0) is 18.4. The van der Waals surface area contributed by atoms with Gasteiger partial charge in [-0.3, -0.25) is 4.79 Å². The van der Waals surface area contributed by atoms with E-state index in [-0.39, 0.29) is 5.69 Å². The second-order valence-electron chi connectivity index (χ2n) is 5.08. The summed E-state index contributed by atoms with van der Waals surface area (Å²) in [5.41, 5.74) is 0.858. The van der Waals surface area contributed by atoms with E-state index in [1.54, 1.807) is 18.2 Å². The Morgan fingerprint density at radius 1 is 1.12 bits per heavy atom. The zero-order valence-electron chi connectivity index (χ0n) is 13.1. The number of rotatable bonds is 5. The van der Waals surface area contributed by atoms with Crippen molar-refractivity contribution < 1.29 is 23.1 Å². The topological polar surface area (TPSA) is 55.4 Å². The number of anilines is 1. The lowest BCUT2D eigenvalue weighted by atomic mass is 10.2. The number of hydrogen-bond acceptors (Lipinski definition) is 3. The van der Waals surface area contributed by atoms with Crippen molar-refractivity contribution in [2.75, 3.05) is 5.32 Å². The minimum atomic E-state index is -1.10. The number of halogens is 3. The molecule has 0 aliphatic heterocycles. The first-order valence-corrected chi connectivity index (χ1v) is 8.04. The molecule has 0 aliphatic carbocycles. The van der Waals surface area contributed by atoms with Gasteiger partial charge in [-0.25, -0.2) is 13.6 Å². The van der Waals surface area contributed by atoms with Gasteiger partial charge >= 0.3 is 5.97 Å². The lowest BCUT2D eigenvalue weighted by Gasteiger charge is -2.12. The van der Waals surface area contributed by atoms with Crippen LogP contribution < -0.4 is 5.32 Å². The Hall–Kier alpha value is -2.54. The fraction of sp³-hybridized carbons (Fsp3) is 0.111. The van der Waals surface area contributed by atoms with Crippen molar-refractivity contribution in [3.63, 3.8) is 0 Å². The summed E-state index contributed by atoms with van der Waals surface area (Å²) in [6.07, 6.45) is 1.65. The van der Waals surface area contributed by atoms with Crippen LogP contribution in [-0.2, 0) is 14.3 Å². The van der Waals surface area contributed by atoms with E-state index in [1.165, 1.54) is 19.1 Å². The highest BCUT2D eigenvalue weighted by Gasteiger charge is 2.17. The molecule has 0 aliphatic rings. The third-order valence-electron chi connectivity index (χ3n) is 3.13. The van der Waals surface area contributed by atoms with E-state index in [4.69, 9.17) is 4.74 Å². The van der Waals surface area contributed by atoms with Crippen LogP contribution in [-0.4, -0.2) is 18.0 Å². The maximum absolute atomic E-state index is 13.1. The molecule has 1 amide bonds. The number of benzene rings is 2. The Balaban J connectivity index is 1.90. The molecule has 0 bridgehead atoms. The highest BCUT2D eigenvalue weighted by atomic mass is 79.9. The lowest BCUT2D eigenvalue weighted by Crippen LogP contribution is -2.29. The number of nitrogens with one attached hydrogen (secondary N) is 1. The molecule has 1 atom stereocenters. The van der Waals surface area contributed by atoms with Crippen LogP contribution in [0.1, 0.15) is 12.5 Å². The lowest BCUT2D eigenvalue weighted by molar-refractivity contribution is -0.148. The number of hydrogen-bond donors (Lipinski definition) is 1. The molecule has 0 saturated heterocycles. The second-order valence-corrected chi connectivity index (χ2v) is 6.00. The average molecular weight is 410 g/mol. The summed E-state index contributed by atoms with van der Waals surface area (Å²) >= 11 is 3.31. The number of carbonyl (C=O) groups excluding carboxylic acids is 2. The van der Waals surface area contributed by atoms with Gasteiger partial charge in [0.1, 0.15) is 0 Å². The van der Waals surface area contributed by atoms with Crippen LogP contribution in [0.5, 0.6) is 0 Å². The van der Waals surface area contributed by atoms with Crippen molar-refractivity contribution in [1.29, 1.82) is 0 Å². The van der Waals surface area contributed by atoms with Gasteiger partial charge in [0.25, 0.3) is 5.91 Å². The predicted molar refractivity (Wildman–Crippen MR) is 93.7 cm³/mol. The fourth-order valence-corrected chi connectivity index (χ4v) is 2.09. The minimum Gasteiger partial charge on any atom is -0.449 e. The highest BCUT2D eigenvalue weighted by Crippen LogP contribution is 2.14. The third kappa shape index (κ3) is 5.79. The van der Waals surface area contributed by atoms with E-state index in [9.17, 15) is 18.4 Å². The molecular weight excluding hydrogens is 396 g/mol. The summed E-state index contributed by atoms with van der Waals surface area (Å²) in [6.45, 7) is 1.38. The quantitative estimate of drug-likeness (QED) is 0.591. The Kier molecular flexibility index (Phi) is 6.41. The summed E-state index contributed by atoms with van der Waals surface area (Å²) < 4.78 is 31.8. The van der Waals surface area contributed by atoms with Crippen LogP contribution in [0.4, 0.5) is 14.5 Å². The van der Waals surface area contributed by atoms with E-state index in [0.29, 0.717) is 0 Å². The highest BCUT2D eigenvalue weighted by molar-refractivity contribution is 9.10. The molecule has 25 heavy (non-hydrogen) atoms.